The number of carbonyl (C=O) groups excluding carboxylic acids is 1. The number of nitrogens with two attached hydrogens (primary N) is 1. The Balaban J connectivity index is 0. The van der Waals surface area contributed by atoms with Crippen LogP contribution in [0.25, 0.3) is 0 Å². The van der Waals surface area contributed by atoms with Crippen LogP contribution in [-0.2, 0) is 4.79 Å². The third kappa shape index (κ3) is 3.96. The minimum atomic E-state index is -2.68. The summed E-state index contributed by atoms with van der Waals surface area (Å²) in [7, 11) is 0. The van der Waals surface area contributed by atoms with Crippen molar-refractivity contribution in [1.29, 1.82) is 0 Å². The Morgan fingerprint density at radius 2 is 2.00 bits per heavy atom. The van der Waals surface area contributed by atoms with Gasteiger partial charge in [-0.15, -0.1) is 17.0 Å². The highest BCUT2D eigenvalue weighted by Crippen LogP contribution is 2.08. The monoisotopic (exact) mass is 276 g/mol. The maximum atomic E-state index is 10.3. The van der Waals surface area contributed by atoms with Crippen molar-refractivity contribution in [3.63, 3.8) is 0 Å². The Bertz CT molecular complexity index is 198. The van der Waals surface area contributed by atoms with Gasteiger partial charge in [-0.2, -0.15) is 0 Å². The molecule has 0 aromatic heterocycles. The van der Waals surface area contributed by atoms with Crippen molar-refractivity contribution in [2.24, 2.45) is 5.73 Å². The summed E-state index contributed by atoms with van der Waals surface area (Å²) in [5, 5.41) is 44.7. The molecule has 0 heterocycles. The molecule has 0 saturated carbocycles. The number of halogens is 1. The van der Waals surface area contributed by atoms with E-state index < -0.39 is 30.6 Å². The summed E-state index contributed by atoms with van der Waals surface area (Å²) in [6.07, 6.45) is -5.99. The quantitative estimate of drug-likeness (QED) is 0.218. The van der Waals surface area contributed by atoms with E-state index in [0.29, 0.717) is 0 Å². The summed E-state index contributed by atoms with van der Waals surface area (Å²) < 4.78 is 6.53. The van der Waals surface area contributed by atoms with Crippen LogP contribution in [0.5, 0.6) is 0 Å². The van der Waals surface area contributed by atoms with Gasteiger partial charge >= 0.3 is 0 Å². The molecule has 0 radical (unpaired) electrons. The second-order valence-electron chi connectivity index (χ2n) is 2.63. The number of rotatable bonds is 6. The van der Waals surface area contributed by atoms with Gasteiger partial charge in [0.25, 0.3) is 0 Å². The Kier molecular flexibility index (Phi) is 6.36. The lowest BCUT2D eigenvalue weighted by Gasteiger charge is -2.28. The highest BCUT2D eigenvalue weighted by atomic mass is 79.9. The van der Waals surface area contributed by atoms with Crippen LogP contribution in [0.4, 0.5) is 0 Å². The summed E-state index contributed by atoms with van der Waals surface area (Å²) >= 11 is 0. The lowest BCUT2D eigenvalue weighted by molar-refractivity contribution is -0.163. The first-order valence-corrected chi connectivity index (χ1v) is 3.45. The van der Waals surface area contributed by atoms with E-state index in [0.717, 1.165) is 0 Å². The van der Waals surface area contributed by atoms with Crippen LogP contribution in [-0.4, -0.2) is 62.5 Å². The van der Waals surface area contributed by atoms with Crippen LogP contribution in [0.3, 0.4) is 0 Å². The molecule has 86 valence electrons. The fraction of sp³-hybridized carbons (Fsp3) is 0.833. The van der Waals surface area contributed by atoms with Gasteiger partial charge in [0.1, 0.15) is 19.7 Å². The molecular weight excluding hydrogens is 262 g/mol. The van der Waals surface area contributed by atoms with E-state index in [2.05, 4.69) is 0 Å². The number of aliphatic hydroxyl groups excluding tert-OH is 4. The van der Waals surface area contributed by atoms with Crippen molar-refractivity contribution in [3.8, 4) is 0 Å². The van der Waals surface area contributed by atoms with E-state index >= 15 is 0 Å². The average molecular weight is 277 g/mol. The molecule has 8 heteroatoms. The first-order chi connectivity index (χ1) is 6.42. The van der Waals surface area contributed by atoms with Crippen LogP contribution in [0, 0.1) is 0 Å². The predicted octanol–water partition coefficient (Wildman–Crippen LogP) is -3.51. The Hall–Kier alpha value is -0.0900. The molecule has 0 amide bonds. The zero-order valence-corrected chi connectivity index (χ0v) is 8.78. The third-order valence-corrected chi connectivity index (χ3v) is 1.54. The molecule has 4 atom stereocenters. The van der Waals surface area contributed by atoms with Gasteiger partial charge in [0, 0.05) is 0 Å². The smallest absolute Gasteiger partial charge is 0.199 e. The summed E-state index contributed by atoms with van der Waals surface area (Å²) in [4.78, 5) is 10.3. The van der Waals surface area contributed by atoms with Gasteiger partial charge in [-0.3, -0.25) is 10.5 Å². The molecule has 0 aliphatic heterocycles. The first-order valence-electron chi connectivity index (χ1n) is 3.95. The highest BCUT2D eigenvalue weighted by Gasteiger charge is 2.39. The molecule has 7 nitrogen and oxygen atoms in total. The average Bonchev–Trinajstić information content (AvgIpc) is 2.24. The normalized spacial score (nSPS) is 22.2. The maximum absolute atomic E-state index is 10.3. The Labute approximate surface area is 92.0 Å². The number of hydrogen-bond donors (Lipinski definition) is 6. The Morgan fingerprint density at radius 3 is 2.29 bits per heavy atom. The molecule has 0 bridgehead atoms. The first kappa shape index (κ1) is 13.9. The van der Waals surface area contributed by atoms with E-state index in [1.807, 2.05) is 0 Å². The third-order valence-electron chi connectivity index (χ3n) is 1.54. The zero-order chi connectivity index (χ0) is 11.4. The van der Waals surface area contributed by atoms with Gasteiger partial charge in [0.2, 0.25) is 0 Å². The second kappa shape index (κ2) is 6.40. The molecule has 14 heavy (non-hydrogen) atoms. The van der Waals surface area contributed by atoms with Gasteiger partial charge in [0.15, 0.2) is 12.0 Å². The van der Waals surface area contributed by atoms with E-state index in [-0.39, 0.29) is 23.3 Å². The lowest BCUT2D eigenvalue weighted by Crippen LogP contribution is -2.60. The fourth-order valence-electron chi connectivity index (χ4n) is 0.648. The van der Waals surface area contributed by atoms with E-state index in [4.69, 9.17) is 26.9 Å². The summed E-state index contributed by atoms with van der Waals surface area (Å²) in [5.41, 5.74) is -1.36. The SMILES string of the molecule is Br.[2H]N[C@](O)(C=O)[C@@H](O)[C@H](O)[C@H](O)CO. The van der Waals surface area contributed by atoms with Crippen molar-refractivity contribution in [2.75, 3.05) is 6.61 Å². The highest BCUT2D eigenvalue weighted by molar-refractivity contribution is 8.93. The van der Waals surface area contributed by atoms with Crippen molar-refractivity contribution in [3.05, 3.63) is 0 Å². The standard InChI is InChI=1S/C6H13NO6.BrH/c7-6(13,2-9)5(12)4(11)3(10)1-8;/h2-5,8,10-13H,1,7H2;1H/t3-,4-,5+,6+;/m1./s1/i/hD. The zero-order valence-electron chi connectivity index (χ0n) is 8.07. The summed E-state index contributed by atoms with van der Waals surface area (Å²) in [6.45, 7) is -0.856. The number of aliphatic hydroxyl groups is 5. The molecule has 0 aliphatic rings. The molecule has 0 rings (SSSR count). The fourth-order valence-corrected chi connectivity index (χ4v) is 0.648. The largest absolute Gasteiger partial charge is 0.394 e. The lowest BCUT2D eigenvalue weighted by atomic mass is 10.00. The molecule has 0 aromatic rings. The van der Waals surface area contributed by atoms with Crippen LogP contribution in [0.15, 0.2) is 0 Å². The molecule has 0 saturated heterocycles. The van der Waals surface area contributed by atoms with Gasteiger partial charge in [-0.25, -0.2) is 0 Å². The van der Waals surface area contributed by atoms with E-state index in [1.54, 1.807) is 0 Å². The van der Waals surface area contributed by atoms with Crippen molar-refractivity contribution < 1.29 is 31.7 Å². The minimum absolute atomic E-state index is 0. The number of aldehydes is 1. The van der Waals surface area contributed by atoms with Gasteiger partial charge in [-0.05, 0) is 0 Å². The molecule has 0 aromatic carbocycles. The van der Waals surface area contributed by atoms with Crippen molar-refractivity contribution in [1.82, 2.24) is 0 Å². The topological polar surface area (TPSA) is 144 Å². The molecule has 0 unspecified atom stereocenters. The Morgan fingerprint density at radius 1 is 1.50 bits per heavy atom. The maximum Gasteiger partial charge on any atom is 0.199 e. The molecule has 0 spiro atoms. The number of carbonyl (C=O) groups is 1. The molecule has 0 fully saturated rings. The summed E-state index contributed by atoms with van der Waals surface area (Å²) in [5.74, 6) is 0. The van der Waals surface area contributed by atoms with Crippen LogP contribution in [0.2, 0.25) is 1.41 Å². The van der Waals surface area contributed by atoms with Gasteiger partial charge < -0.3 is 25.5 Å². The molecule has 0 aliphatic carbocycles. The number of hydrogen-bond acceptors (Lipinski definition) is 7. The van der Waals surface area contributed by atoms with Crippen LogP contribution in [0.1, 0.15) is 0 Å². The second-order valence-corrected chi connectivity index (χ2v) is 2.63. The van der Waals surface area contributed by atoms with E-state index in [9.17, 15) is 4.79 Å². The molecule has 7 N–H and O–H groups in total. The van der Waals surface area contributed by atoms with Crippen molar-refractivity contribution >= 4 is 23.3 Å². The van der Waals surface area contributed by atoms with Crippen LogP contribution < -0.4 is 5.73 Å². The van der Waals surface area contributed by atoms with Gasteiger partial charge in [0.05, 0.1) is 6.61 Å². The van der Waals surface area contributed by atoms with Crippen LogP contribution >= 0.6 is 17.0 Å². The van der Waals surface area contributed by atoms with Gasteiger partial charge in [-0.1, -0.05) is 0 Å². The summed E-state index contributed by atoms with van der Waals surface area (Å²) in [6, 6.07) is 0. The van der Waals surface area contributed by atoms with E-state index in [1.165, 1.54) is 5.73 Å². The predicted molar refractivity (Wildman–Crippen MR) is 50.6 cm³/mol. The van der Waals surface area contributed by atoms with Crippen molar-refractivity contribution in [2.45, 2.75) is 24.0 Å². The minimum Gasteiger partial charge on any atom is -0.394 e. The molecular formula is C6H14BrNO6.